The first-order valence-corrected chi connectivity index (χ1v) is 9.88. The summed E-state index contributed by atoms with van der Waals surface area (Å²) in [5.41, 5.74) is -1.00. The van der Waals surface area contributed by atoms with Crippen LogP contribution in [0.2, 0.25) is 0 Å². The molecule has 166 valence electrons. The Morgan fingerprint density at radius 1 is 0.636 bits per heavy atom. The van der Waals surface area contributed by atoms with Crippen LogP contribution in [0.5, 0.6) is 0 Å². The maximum absolute atomic E-state index is 13.7. The molecule has 0 unspecified atom stereocenters. The largest absolute Gasteiger partial charge is 0.417 e. The molecule has 0 bridgehead atoms. The number of benzene rings is 3. The van der Waals surface area contributed by atoms with E-state index in [9.17, 15) is 26.3 Å². The van der Waals surface area contributed by atoms with Gasteiger partial charge in [0.1, 0.15) is 0 Å². The summed E-state index contributed by atoms with van der Waals surface area (Å²) in [5, 5.41) is 1.94. The molecule has 2 aromatic heterocycles. The fourth-order valence-electron chi connectivity index (χ4n) is 4.08. The van der Waals surface area contributed by atoms with Crippen LogP contribution >= 0.6 is 0 Å². The van der Waals surface area contributed by atoms with E-state index < -0.39 is 29.0 Å². The van der Waals surface area contributed by atoms with Gasteiger partial charge in [0.25, 0.3) is 0 Å². The Kier molecular flexibility index (Phi) is 4.70. The number of pyridine rings is 1. The highest BCUT2D eigenvalue weighted by atomic mass is 19.4. The maximum Gasteiger partial charge on any atom is 0.417 e. The number of alkyl halides is 6. The Hall–Kier alpha value is -3.81. The molecule has 2 heterocycles. The summed E-state index contributed by atoms with van der Waals surface area (Å²) >= 11 is 0. The minimum atomic E-state index is -4.98. The van der Waals surface area contributed by atoms with Gasteiger partial charge in [-0.3, -0.25) is 4.98 Å². The van der Waals surface area contributed by atoms with Gasteiger partial charge in [0.15, 0.2) is 0 Å². The number of rotatable bonds is 2. The van der Waals surface area contributed by atoms with Gasteiger partial charge in [-0.2, -0.15) is 26.3 Å². The highest BCUT2D eigenvalue weighted by molar-refractivity contribution is 6.09. The van der Waals surface area contributed by atoms with Gasteiger partial charge in [-0.1, -0.05) is 42.5 Å². The molecule has 0 saturated carbocycles. The molecule has 0 aliphatic carbocycles. The van der Waals surface area contributed by atoms with Crippen LogP contribution < -0.4 is 0 Å². The van der Waals surface area contributed by atoms with Crippen molar-refractivity contribution >= 4 is 21.8 Å². The topological polar surface area (TPSA) is 17.8 Å². The second-order valence-electron chi connectivity index (χ2n) is 7.52. The molecule has 0 spiro atoms. The SMILES string of the molecule is FC(F)(F)c1ccc(-c2cc(-n3c4ccccc4c4ccccc43)ccn2)c(C(F)(F)F)c1. The van der Waals surface area contributed by atoms with E-state index in [4.69, 9.17) is 0 Å². The Balaban J connectivity index is 1.74. The summed E-state index contributed by atoms with van der Waals surface area (Å²) in [6, 6.07) is 19.9. The summed E-state index contributed by atoms with van der Waals surface area (Å²) < 4.78 is 82.1. The van der Waals surface area contributed by atoms with Gasteiger partial charge in [0, 0.05) is 28.2 Å². The average Bonchev–Trinajstić information content (AvgIpc) is 3.12. The molecule has 5 aromatic rings. The lowest BCUT2D eigenvalue weighted by Gasteiger charge is -2.16. The van der Waals surface area contributed by atoms with Crippen LogP contribution in [0.25, 0.3) is 38.8 Å². The zero-order chi connectivity index (χ0) is 23.4. The monoisotopic (exact) mass is 456 g/mol. The lowest BCUT2D eigenvalue weighted by Crippen LogP contribution is -2.12. The standard InChI is InChI=1S/C25H14F6N2/c26-24(27,28)15-9-10-19(20(13-15)25(29,30)31)21-14-16(11-12-32-21)33-22-7-3-1-5-17(22)18-6-2-4-8-23(18)33/h1-14H. The minimum absolute atomic E-state index is 0.0737. The number of para-hydroxylation sites is 2. The predicted molar refractivity (Wildman–Crippen MR) is 114 cm³/mol. The van der Waals surface area contributed by atoms with Crippen molar-refractivity contribution in [3.63, 3.8) is 0 Å². The third-order valence-electron chi connectivity index (χ3n) is 5.51. The van der Waals surface area contributed by atoms with Crippen molar-refractivity contribution < 1.29 is 26.3 Å². The second-order valence-corrected chi connectivity index (χ2v) is 7.52. The Labute approximate surface area is 183 Å². The molecule has 0 N–H and O–H groups in total. The normalized spacial score (nSPS) is 12.5. The molecule has 0 aliphatic rings. The van der Waals surface area contributed by atoms with E-state index in [1.807, 2.05) is 53.1 Å². The molecule has 8 heteroatoms. The lowest BCUT2D eigenvalue weighted by atomic mass is 10.00. The van der Waals surface area contributed by atoms with E-state index in [1.165, 1.54) is 12.3 Å². The van der Waals surface area contributed by atoms with Crippen LogP contribution in [0.3, 0.4) is 0 Å². The molecule has 0 fully saturated rings. The fourth-order valence-corrected chi connectivity index (χ4v) is 4.08. The molecule has 0 saturated heterocycles. The summed E-state index contributed by atoms with van der Waals surface area (Å²) in [6.07, 6.45) is -8.52. The van der Waals surface area contributed by atoms with Gasteiger partial charge in [-0.15, -0.1) is 0 Å². The molecular formula is C25H14F6N2. The van der Waals surface area contributed by atoms with Crippen LogP contribution in [0.1, 0.15) is 11.1 Å². The summed E-state index contributed by atoms with van der Waals surface area (Å²) in [6.45, 7) is 0. The smallest absolute Gasteiger partial charge is 0.309 e. The third kappa shape index (κ3) is 3.61. The number of hydrogen-bond donors (Lipinski definition) is 0. The van der Waals surface area contributed by atoms with Crippen molar-refractivity contribution in [1.82, 2.24) is 9.55 Å². The highest BCUT2D eigenvalue weighted by Gasteiger charge is 2.38. The van der Waals surface area contributed by atoms with E-state index in [1.54, 1.807) is 6.07 Å². The Bertz CT molecular complexity index is 1440. The summed E-state index contributed by atoms with van der Waals surface area (Å²) in [4.78, 5) is 4.05. The summed E-state index contributed by atoms with van der Waals surface area (Å²) in [5.74, 6) is 0. The first kappa shape index (κ1) is 21.1. The Morgan fingerprint density at radius 2 is 1.24 bits per heavy atom. The van der Waals surface area contributed by atoms with E-state index in [0.717, 1.165) is 27.9 Å². The second kappa shape index (κ2) is 7.37. The van der Waals surface area contributed by atoms with Crippen LogP contribution in [0.15, 0.2) is 85.1 Å². The molecule has 5 rings (SSSR count). The quantitative estimate of drug-likeness (QED) is 0.247. The van der Waals surface area contributed by atoms with Gasteiger partial charge < -0.3 is 4.57 Å². The molecule has 0 atom stereocenters. The van der Waals surface area contributed by atoms with Crippen LogP contribution in [0, 0.1) is 0 Å². The molecule has 0 aliphatic heterocycles. The van der Waals surface area contributed by atoms with Crippen LogP contribution in [-0.2, 0) is 12.4 Å². The van der Waals surface area contributed by atoms with Gasteiger partial charge in [0.05, 0.1) is 27.9 Å². The number of nitrogens with zero attached hydrogens (tertiary/aromatic N) is 2. The van der Waals surface area contributed by atoms with E-state index in [0.29, 0.717) is 11.8 Å². The molecule has 3 aromatic carbocycles. The van der Waals surface area contributed by atoms with Crippen molar-refractivity contribution in [2.45, 2.75) is 12.4 Å². The van der Waals surface area contributed by atoms with Crippen molar-refractivity contribution in [2.75, 3.05) is 0 Å². The molecule has 33 heavy (non-hydrogen) atoms. The third-order valence-corrected chi connectivity index (χ3v) is 5.51. The molecule has 0 radical (unpaired) electrons. The van der Waals surface area contributed by atoms with Crippen molar-refractivity contribution in [1.29, 1.82) is 0 Å². The zero-order valence-corrected chi connectivity index (χ0v) is 16.7. The minimum Gasteiger partial charge on any atom is -0.309 e. The van der Waals surface area contributed by atoms with Crippen molar-refractivity contribution in [3.8, 4) is 16.9 Å². The number of fused-ring (bicyclic) bond motifs is 3. The summed E-state index contributed by atoms with van der Waals surface area (Å²) in [7, 11) is 0. The van der Waals surface area contributed by atoms with Gasteiger partial charge in [-0.05, 0) is 36.4 Å². The first-order chi connectivity index (χ1) is 15.6. The number of hydrogen-bond acceptors (Lipinski definition) is 1. The molecular weight excluding hydrogens is 442 g/mol. The zero-order valence-electron chi connectivity index (χ0n) is 16.7. The Morgan fingerprint density at radius 3 is 1.82 bits per heavy atom. The van der Waals surface area contributed by atoms with Gasteiger partial charge in [-0.25, -0.2) is 0 Å². The fraction of sp³-hybridized carbons (Fsp3) is 0.0800. The van der Waals surface area contributed by atoms with E-state index >= 15 is 0 Å². The predicted octanol–water partition coefficient (Wildman–Crippen LogP) is 7.88. The van der Waals surface area contributed by atoms with Gasteiger partial charge in [0.2, 0.25) is 0 Å². The van der Waals surface area contributed by atoms with Crippen molar-refractivity contribution in [2.24, 2.45) is 0 Å². The molecule has 2 nitrogen and oxygen atoms in total. The van der Waals surface area contributed by atoms with E-state index in [2.05, 4.69) is 4.98 Å². The van der Waals surface area contributed by atoms with Gasteiger partial charge >= 0.3 is 12.4 Å². The maximum atomic E-state index is 13.7. The number of aromatic nitrogens is 2. The lowest BCUT2D eigenvalue weighted by molar-refractivity contribution is -0.142. The van der Waals surface area contributed by atoms with E-state index in [-0.39, 0.29) is 11.8 Å². The first-order valence-electron chi connectivity index (χ1n) is 9.88. The van der Waals surface area contributed by atoms with Crippen LogP contribution in [0.4, 0.5) is 26.3 Å². The highest BCUT2D eigenvalue weighted by Crippen LogP contribution is 2.41. The van der Waals surface area contributed by atoms with Crippen LogP contribution in [-0.4, -0.2) is 9.55 Å². The number of halogens is 6. The van der Waals surface area contributed by atoms with Crippen molar-refractivity contribution in [3.05, 3.63) is 96.2 Å². The average molecular weight is 456 g/mol. The molecule has 0 amide bonds.